The average molecular weight is 396 g/mol. The molecule has 1 aromatic heterocycles. The molecule has 1 fully saturated rings. The molecule has 7 nitrogen and oxygen atoms in total. The van der Waals surface area contributed by atoms with Gasteiger partial charge < -0.3 is 4.74 Å². The molecule has 1 saturated heterocycles. The molecule has 1 aromatic carbocycles. The van der Waals surface area contributed by atoms with Gasteiger partial charge in [0.05, 0.1) is 18.2 Å². The highest BCUT2D eigenvalue weighted by molar-refractivity contribution is 7.89. The van der Waals surface area contributed by atoms with Gasteiger partial charge in [0.25, 0.3) is 0 Å². The number of fused-ring (bicyclic) bond motifs is 4. The molecule has 0 saturated carbocycles. The van der Waals surface area contributed by atoms with E-state index in [1.54, 1.807) is 0 Å². The highest BCUT2D eigenvalue weighted by Gasteiger charge is 2.60. The Hall–Kier alpha value is -1.90. The van der Waals surface area contributed by atoms with Crippen molar-refractivity contribution in [3.63, 3.8) is 0 Å². The van der Waals surface area contributed by atoms with E-state index in [2.05, 4.69) is 10.2 Å². The number of carbonyl (C=O) groups excluding carboxylic acids is 1. The van der Waals surface area contributed by atoms with Gasteiger partial charge in [0.15, 0.2) is 5.54 Å². The highest BCUT2D eigenvalue weighted by Crippen LogP contribution is 2.49. The van der Waals surface area contributed by atoms with Crippen molar-refractivity contribution in [1.29, 1.82) is 0 Å². The number of methoxy groups -OCH3 is 1. The minimum absolute atomic E-state index is 0.106. The van der Waals surface area contributed by atoms with E-state index in [9.17, 15) is 13.2 Å². The van der Waals surface area contributed by atoms with E-state index in [0.717, 1.165) is 12.1 Å². The number of nitrogens with one attached hydrogen (secondary N) is 1. The van der Waals surface area contributed by atoms with Gasteiger partial charge in [0.2, 0.25) is 10.0 Å². The first-order chi connectivity index (χ1) is 12.4. The lowest BCUT2D eigenvalue weighted by molar-refractivity contribution is -0.157. The van der Waals surface area contributed by atoms with E-state index in [-0.39, 0.29) is 10.9 Å². The molecule has 2 aliphatic heterocycles. The number of nitrogens with zero attached hydrogens (tertiary/aromatic N) is 2. The van der Waals surface area contributed by atoms with Gasteiger partial charge in [-0.15, -0.1) is 0 Å². The molecular formula is C17H18ClN3O4S. The van der Waals surface area contributed by atoms with Crippen molar-refractivity contribution in [2.75, 3.05) is 7.11 Å². The fourth-order valence-electron chi connectivity index (χ4n) is 4.22. The second-order valence-corrected chi connectivity index (χ2v) is 8.87. The summed E-state index contributed by atoms with van der Waals surface area (Å²) in [6, 6.07) is 5.65. The van der Waals surface area contributed by atoms with Gasteiger partial charge in [0, 0.05) is 28.7 Å². The molecular weight excluding hydrogens is 378 g/mol. The van der Waals surface area contributed by atoms with Gasteiger partial charge >= 0.3 is 5.97 Å². The quantitative estimate of drug-likeness (QED) is 0.804. The van der Waals surface area contributed by atoms with Gasteiger partial charge in [-0.1, -0.05) is 11.6 Å². The predicted octanol–water partition coefficient (Wildman–Crippen LogP) is 2.23. The number of sulfonamides is 1. The summed E-state index contributed by atoms with van der Waals surface area (Å²) in [6.45, 7) is 0. The number of aromatic amines is 1. The van der Waals surface area contributed by atoms with Crippen molar-refractivity contribution < 1.29 is 17.9 Å². The Kier molecular flexibility index (Phi) is 4.09. The Bertz CT molecular complexity index is 957. The molecule has 9 heteroatoms. The minimum atomic E-state index is -3.94. The van der Waals surface area contributed by atoms with Crippen LogP contribution in [0.1, 0.15) is 30.5 Å². The highest BCUT2D eigenvalue weighted by atomic mass is 35.5. The molecule has 2 aromatic rings. The monoisotopic (exact) mass is 395 g/mol. The number of hydrogen-bond acceptors (Lipinski definition) is 5. The Labute approximate surface area is 156 Å². The topological polar surface area (TPSA) is 92.4 Å². The van der Waals surface area contributed by atoms with Gasteiger partial charge in [-0.05, 0) is 43.5 Å². The number of ether oxygens (including phenoxy) is 1. The van der Waals surface area contributed by atoms with Crippen LogP contribution in [0, 0.1) is 0 Å². The Morgan fingerprint density at radius 1 is 1.38 bits per heavy atom. The second kappa shape index (κ2) is 6.07. The number of H-pyrrole nitrogens is 1. The van der Waals surface area contributed by atoms with Gasteiger partial charge in [0.1, 0.15) is 0 Å². The number of benzene rings is 1. The Balaban J connectivity index is 1.94. The third kappa shape index (κ3) is 2.32. The maximum absolute atomic E-state index is 13.5. The van der Waals surface area contributed by atoms with Crippen LogP contribution in [-0.2, 0) is 31.5 Å². The van der Waals surface area contributed by atoms with Crippen LogP contribution in [0.25, 0.3) is 0 Å². The van der Waals surface area contributed by atoms with E-state index >= 15 is 0 Å². The number of rotatable bonds is 3. The first-order valence-electron chi connectivity index (χ1n) is 8.32. The lowest BCUT2D eigenvalue weighted by atomic mass is 9.75. The molecule has 3 heterocycles. The molecule has 26 heavy (non-hydrogen) atoms. The molecule has 0 radical (unpaired) electrons. The SMILES string of the molecule is COC(=O)C12CCCC(Cc3[nH]ncc31)N2S(=O)(=O)c1ccc(Cl)cc1. The zero-order chi connectivity index (χ0) is 18.5. The fourth-order valence-corrected chi connectivity index (χ4v) is 6.30. The number of aromatic nitrogens is 2. The summed E-state index contributed by atoms with van der Waals surface area (Å²) in [7, 11) is -2.66. The van der Waals surface area contributed by atoms with Crippen LogP contribution < -0.4 is 0 Å². The van der Waals surface area contributed by atoms with Crippen molar-refractivity contribution >= 4 is 27.6 Å². The molecule has 138 valence electrons. The molecule has 2 aliphatic rings. The summed E-state index contributed by atoms with van der Waals surface area (Å²) >= 11 is 5.90. The van der Waals surface area contributed by atoms with Crippen LogP contribution >= 0.6 is 11.6 Å². The van der Waals surface area contributed by atoms with Crippen LogP contribution in [0.5, 0.6) is 0 Å². The zero-order valence-corrected chi connectivity index (χ0v) is 15.7. The van der Waals surface area contributed by atoms with Crippen LogP contribution in [0.3, 0.4) is 0 Å². The molecule has 2 atom stereocenters. The molecule has 0 amide bonds. The average Bonchev–Trinajstić information content (AvgIpc) is 3.09. The largest absolute Gasteiger partial charge is 0.467 e. The summed E-state index contributed by atoms with van der Waals surface area (Å²) < 4.78 is 33.4. The summed E-state index contributed by atoms with van der Waals surface area (Å²) in [4.78, 5) is 13.0. The molecule has 2 unspecified atom stereocenters. The maximum atomic E-state index is 13.5. The van der Waals surface area contributed by atoms with Crippen molar-refractivity contribution in [2.24, 2.45) is 0 Å². The second-order valence-electron chi connectivity index (χ2n) is 6.62. The van der Waals surface area contributed by atoms with Crippen molar-refractivity contribution in [3.8, 4) is 0 Å². The lowest BCUT2D eigenvalue weighted by Gasteiger charge is -2.50. The van der Waals surface area contributed by atoms with E-state index in [4.69, 9.17) is 16.3 Å². The lowest BCUT2D eigenvalue weighted by Crippen LogP contribution is -2.64. The summed E-state index contributed by atoms with van der Waals surface area (Å²) in [5.74, 6) is -0.581. The summed E-state index contributed by atoms with van der Waals surface area (Å²) in [6.07, 6.45) is 3.79. The van der Waals surface area contributed by atoms with Crippen LogP contribution in [0.15, 0.2) is 35.4 Å². The molecule has 2 bridgehead atoms. The Morgan fingerprint density at radius 2 is 2.12 bits per heavy atom. The predicted molar refractivity (Wildman–Crippen MR) is 94.1 cm³/mol. The zero-order valence-electron chi connectivity index (χ0n) is 14.1. The van der Waals surface area contributed by atoms with Crippen LogP contribution in [0.4, 0.5) is 0 Å². The number of piperidine rings is 1. The first kappa shape index (κ1) is 17.5. The van der Waals surface area contributed by atoms with Crippen LogP contribution in [0.2, 0.25) is 5.02 Å². The third-order valence-electron chi connectivity index (χ3n) is 5.28. The summed E-state index contributed by atoms with van der Waals surface area (Å²) in [5.41, 5.74) is -0.0167. The Morgan fingerprint density at radius 3 is 2.81 bits per heavy atom. The van der Waals surface area contributed by atoms with Crippen molar-refractivity contribution in [3.05, 3.63) is 46.7 Å². The normalized spacial score (nSPS) is 25.5. The van der Waals surface area contributed by atoms with E-state index in [0.29, 0.717) is 29.8 Å². The standard InChI is InChI=1S/C17H18ClN3O4S/c1-25-16(22)17-8-2-3-12(9-15-14(17)10-19-20-15)21(17)26(23,24)13-6-4-11(18)5-7-13/h4-7,10,12H,2-3,8-9H2,1H3,(H,19,20). The minimum Gasteiger partial charge on any atom is -0.467 e. The van der Waals surface area contributed by atoms with Gasteiger partial charge in [-0.25, -0.2) is 13.2 Å². The maximum Gasteiger partial charge on any atom is 0.332 e. The van der Waals surface area contributed by atoms with Gasteiger partial charge in [-0.2, -0.15) is 9.40 Å². The van der Waals surface area contributed by atoms with Crippen molar-refractivity contribution in [1.82, 2.24) is 14.5 Å². The van der Waals surface area contributed by atoms with E-state index < -0.39 is 21.5 Å². The third-order valence-corrected chi connectivity index (χ3v) is 7.53. The molecule has 4 rings (SSSR count). The molecule has 1 N–H and O–H groups in total. The smallest absolute Gasteiger partial charge is 0.332 e. The van der Waals surface area contributed by atoms with E-state index in [1.807, 2.05) is 0 Å². The van der Waals surface area contributed by atoms with Crippen molar-refractivity contribution in [2.45, 2.75) is 42.2 Å². The molecule has 0 aliphatic carbocycles. The number of carbonyl (C=O) groups is 1. The fraction of sp³-hybridized carbons (Fsp3) is 0.412. The van der Waals surface area contributed by atoms with E-state index in [1.165, 1.54) is 41.9 Å². The number of esters is 1. The summed E-state index contributed by atoms with van der Waals surface area (Å²) in [5, 5.41) is 7.41. The van der Waals surface area contributed by atoms with Gasteiger partial charge in [-0.3, -0.25) is 5.10 Å². The molecule has 0 spiro atoms. The van der Waals surface area contributed by atoms with Crippen LogP contribution in [-0.4, -0.2) is 42.0 Å². The number of hydrogen-bond donors (Lipinski definition) is 1. The number of halogens is 1. The first-order valence-corrected chi connectivity index (χ1v) is 10.1.